The van der Waals surface area contributed by atoms with Crippen molar-refractivity contribution in [3.8, 4) is 12.3 Å². The Balaban J connectivity index is 2.24. The van der Waals surface area contributed by atoms with Crippen molar-refractivity contribution in [2.24, 2.45) is 0 Å². The van der Waals surface area contributed by atoms with E-state index in [1.807, 2.05) is 30.2 Å². The maximum absolute atomic E-state index is 11.1. The van der Waals surface area contributed by atoms with Gasteiger partial charge >= 0.3 is 5.97 Å². The van der Waals surface area contributed by atoms with Crippen LogP contribution in [-0.2, 0) is 16.0 Å². The summed E-state index contributed by atoms with van der Waals surface area (Å²) in [7, 11) is 0. The fourth-order valence-electron chi connectivity index (χ4n) is 1.92. The number of aromatic amines is 1. The van der Waals surface area contributed by atoms with E-state index < -0.39 is 17.9 Å². The van der Waals surface area contributed by atoms with Crippen LogP contribution in [-0.4, -0.2) is 28.0 Å². The van der Waals surface area contributed by atoms with Crippen molar-refractivity contribution in [3.63, 3.8) is 0 Å². The van der Waals surface area contributed by atoms with Crippen LogP contribution in [0.4, 0.5) is 0 Å². The number of terminal acetylenes is 1. The number of carboxylic acid groups (broad SMARTS) is 1. The summed E-state index contributed by atoms with van der Waals surface area (Å²) >= 11 is 0. The molecule has 0 aliphatic heterocycles. The van der Waals surface area contributed by atoms with Gasteiger partial charge in [-0.3, -0.25) is 4.79 Å². The molecule has 1 unspecified atom stereocenters. The van der Waals surface area contributed by atoms with Crippen LogP contribution in [0.25, 0.3) is 10.9 Å². The molecule has 2 rings (SSSR count). The number of benzene rings is 1. The number of H-pyrrole nitrogens is 1. The largest absolute Gasteiger partial charge is 0.480 e. The zero-order valence-electron chi connectivity index (χ0n) is 10.0. The highest BCUT2D eigenvalue weighted by molar-refractivity contribution is 5.95. The SMILES string of the molecule is C#CC(=O)NC(Cc1c[nH]c2ccccc12)C(=O)O. The fourth-order valence-corrected chi connectivity index (χ4v) is 1.92. The monoisotopic (exact) mass is 256 g/mol. The van der Waals surface area contributed by atoms with Crippen molar-refractivity contribution in [3.05, 3.63) is 36.0 Å². The maximum Gasteiger partial charge on any atom is 0.326 e. The van der Waals surface area contributed by atoms with Crippen molar-refractivity contribution in [2.45, 2.75) is 12.5 Å². The summed E-state index contributed by atoms with van der Waals surface area (Å²) < 4.78 is 0. The molecular weight excluding hydrogens is 244 g/mol. The lowest BCUT2D eigenvalue weighted by atomic mass is 10.1. The Bertz CT molecular complexity index is 667. The van der Waals surface area contributed by atoms with Crippen molar-refractivity contribution in [1.82, 2.24) is 10.3 Å². The van der Waals surface area contributed by atoms with Gasteiger partial charge in [-0.05, 0) is 17.6 Å². The van der Waals surface area contributed by atoms with Gasteiger partial charge < -0.3 is 15.4 Å². The number of nitrogens with one attached hydrogen (secondary N) is 2. The van der Waals surface area contributed by atoms with Crippen LogP contribution in [0.15, 0.2) is 30.5 Å². The first-order valence-corrected chi connectivity index (χ1v) is 5.66. The predicted octanol–water partition coefficient (Wildman–Crippen LogP) is 0.913. The molecule has 1 aromatic heterocycles. The Morgan fingerprint density at radius 2 is 2.16 bits per heavy atom. The highest BCUT2D eigenvalue weighted by atomic mass is 16.4. The number of fused-ring (bicyclic) bond motifs is 1. The van der Waals surface area contributed by atoms with Crippen LogP contribution in [0.2, 0.25) is 0 Å². The molecule has 0 saturated carbocycles. The molecule has 0 aliphatic rings. The topological polar surface area (TPSA) is 82.2 Å². The average Bonchev–Trinajstić information content (AvgIpc) is 2.81. The van der Waals surface area contributed by atoms with Gasteiger partial charge in [0.2, 0.25) is 0 Å². The van der Waals surface area contributed by atoms with Gasteiger partial charge in [-0.25, -0.2) is 4.79 Å². The van der Waals surface area contributed by atoms with E-state index in [0.717, 1.165) is 16.5 Å². The number of aromatic nitrogens is 1. The molecule has 0 aliphatic carbocycles. The summed E-state index contributed by atoms with van der Waals surface area (Å²) in [6.07, 6.45) is 6.84. The minimum Gasteiger partial charge on any atom is -0.480 e. The van der Waals surface area contributed by atoms with Crippen molar-refractivity contribution in [1.29, 1.82) is 0 Å². The molecule has 5 heteroatoms. The molecule has 2 aromatic rings. The third-order valence-electron chi connectivity index (χ3n) is 2.83. The Labute approximate surface area is 109 Å². The van der Waals surface area contributed by atoms with E-state index in [9.17, 15) is 9.59 Å². The van der Waals surface area contributed by atoms with E-state index in [1.165, 1.54) is 0 Å². The van der Waals surface area contributed by atoms with E-state index in [2.05, 4.69) is 10.3 Å². The summed E-state index contributed by atoms with van der Waals surface area (Å²) in [4.78, 5) is 25.3. The van der Waals surface area contributed by atoms with E-state index in [-0.39, 0.29) is 6.42 Å². The maximum atomic E-state index is 11.1. The molecule has 0 spiro atoms. The lowest BCUT2D eigenvalue weighted by molar-refractivity contribution is -0.141. The number of para-hydroxylation sites is 1. The van der Waals surface area contributed by atoms with Gasteiger partial charge in [0.25, 0.3) is 5.91 Å². The molecular formula is C14H12N2O3. The van der Waals surface area contributed by atoms with Crippen molar-refractivity contribution in [2.75, 3.05) is 0 Å². The van der Waals surface area contributed by atoms with Gasteiger partial charge in [-0.2, -0.15) is 0 Å². The van der Waals surface area contributed by atoms with Crippen LogP contribution in [0.1, 0.15) is 5.56 Å². The van der Waals surface area contributed by atoms with E-state index in [0.29, 0.717) is 0 Å². The molecule has 1 heterocycles. The van der Waals surface area contributed by atoms with Gasteiger partial charge in [0.1, 0.15) is 6.04 Å². The molecule has 1 aromatic carbocycles. The highest BCUT2D eigenvalue weighted by Crippen LogP contribution is 2.19. The van der Waals surface area contributed by atoms with Crippen LogP contribution in [0, 0.1) is 12.3 Å². The number of aliphatic carboxylic acids is 1. The number of carbonyl (C=O) groups excluding carboxylic acids is 1. The zero-order valence-corrected chi connectivity index (χ0v) is 10.0. The van der Waals surface area contributed by atoms with E-state index in [4.69, 9.17) is 11.5 Å². The first kappa shape index (κ1) is 12.7. The smallest absolute Gasteiger partial charge is 0.326 e. The van der Waals surface area contributed by atoms with Crippen molar-refractivity contribution < 1.29 is 14.7 Å². The summed E-state index contributed by atoms with van der Waals surface area (Å²) in [5, 5.41) is 12.3. The van der Waals surface area contributed by atoms with Crippen molar-refractivity contribution >= 4 is 22.8 Å². The molecule has 1 amide bonds. The second kappa shape index (κ2) is 5.27. The number of carboxylic acids is 1. The number of carbonyl (C=O) groups is 2. The number of amides is 1. The van der Waals surface area contributed by atoms with Crippen LogP contribution < -0.4 is 5.32 Å². The van der Waals surface area contributed by atoms with Gasteiger partial charge in [0, 0.05) is 23.5 Å². The summed E-state index contributed by atoms with van der Waals surface area (Å²) in [5.74, 6) is -0.000284. The molecule has 0 bridgehead atoms. The molecule has 0 fully saturated rings. The highest BCUT2D eigenvalue weighted by Gasteiger charge is 2.20. The quantitative estimate of drug-likeness (QED) is 0.711. The van der Waals surface area contributed by atoms with Gasteiger partial charge in [-0.15, -0.1) is 6.42 Å². The summed E-state index contributed by atoms with van der Waals surface area (Å²) in [6.45, 7) is 0. The molecule has 5 nitrogen and oxygen atoms in total. The molecule has 1 atom stereocenters. The molecule has 19 heavy (non-hydrogen) atoms. The number of hydrogen-bond donors (Lipinski definition) is 3. The predicted molar refractivity (Wildman–Crippen MR) is 70.4 cm³/mol. The number of hydrogen-bond acceptors (Lipinski definition) is 2. The lowest BCUT2D eigenvalue weighted by Gasteiger charge is -2.11. The fraction of sp³-hybridized carbons (Fsp3) is 0.143. The first-order chi connectivity index (χ1) is 9.11. The third kappa shape index (κ3) is 2.75. The van der Waals surface area contributed by atoms with Gasteiger partial charge in [0.05, 0.1) is 0 Å². The molecule has 96 valence electrons. The normalized spacial score (nSPS) is 11.7. The van der Waals surface area contributed by atoms with E-state index in [1.54, 1.807) is 6.20 Å². The minimum atomic E-state index is -1.12. The second-order valence-corrected chi connectivity index (χ2v) is 4.07. The van der Waals surface area contributed by atoms with Crippen LogP contribution in [0.3, 0.4) is 0 Å². The molecule has 0 radical (unpaired) electrons. The lowest BCUT2D eigenvalue weighted by Crippen LogP contribution is -2.41. The Morgan fingerprint density at radius 1 is 1.42 bits per heavy atom. The summed E-state index contributed by atoms with van der Waals surface area (Å²) in [6, 6.07) is 6.51. The summed E-state index contributed by atoms with van der Waals surface area (Å²) in [5.41, 5.74) is 1.74. The van der Waals surface area contributed by atoms with Crippen LogP contribution >= 0.6 is 0 Å². The van der Waals surface area contributed by atoms with Crippen LogP contribution in [0.5, 0.6) is 0 Å². The third-order valence-corrected chi connectivity index (χ3v) is 2.83. The van der Waals surface area contributed by atoms with Gasteiger partial charge in [-0.1, -0.05) is 18.2 Å². The standard InChI is InChI=1S/C14H12N2O3/c1-2-13(17)16-12(14(18)19)7-9-8-15-11-6-4-3-5-10(9)11/h1,3-6,8,12,15H,7H2,(H,16,17)(H,18,19). The second-order valence-electron chi connectivity index (χ2n) is 4.07. The average molecular weight is 256 g/mol. The minimum absolute atomic E-state index is 0.173. The van der Waals surface area contributed by atoms with Gasteiger partial charge in [0.15, 0.2) is 0 Å². The Kier molecular flexibility index (Phi) is 3.53. The molecule has 3 N–H and O–H groups in total. The number of rotatable bonds is 4. The first-order valence-electron chi connectivity index (χ1n) is 5.66. The Hall–Kier alpha value is -2.74. The Morgan fingerprint density at radius 3 is 2.84 bits per heavy atom. The zero-order chi connectivity index (χ0) is 13.8. The van der Waals surface area contributed by atoms with E-state index >= 15 is 0 Å². The molecule has 0 saturated heterocycles.